The summed E-state index contributed by atoms with van der Waals surface area (Å²) in [4.78, 5) is 16.7. The third kappa shape index (κ3) is 3.67. The maximum absolute atomic E-state index is 12.5. The van der Waals surface area contributed by atoms with Crippen molar-refractivity contribution >= 4 is 21.8 Å². The Morgan fingerprint density at radius 2 is 2.09 bits per heavy atom. The number of aryl methyl sites for hydroxylation is 2. The van der Waals surface area contributed by atoms with Crippen molar-refractivity contribution < 1.29 is 13.7 Å². The van der Waals surface area contributed by atoms with Crippen LogP contribution in [0.25, 0.3) is 0 Å². The fraction of sp³-hybridized carbons (Fsp3) is 0.500. The van der Waals surface area contributed by atoms with Gasteiger partial charge in [-0.2, -0.15) is 0 Å². The molecular formula is C16H20BrN3O3. The lowest BCUT2D eigenvalue weighted by molar-refractivity contribution is 0.0727. The number of carbonyl (C=O) groups is 1. The first-order valence-corrected chi connectivity index (χ1v) is 8.52. The monoisotopic (exact) mass is 381 g/mol. The summed E-state index contributed by atoms with van der Waals surface area (Å²) in [5.74, 6) is 1.21. The van der Waals surface area contributed by atoms with Gasteiger partial charge in [-0.05, 0) is 48.3 Å². The second-order valence-corrected chi connectivity index (χ2v) is 6.61. The molecule has 3 rings (SSSR count). The van der Waals surface area contributed by atoms with Crippen LogP contribution in [0.4, 0.5) is 0 Å². The van der Waals surface area contributed by atoms with Crippen LogP contribution < -0.4 is 0 Å². The number of nitrogens with zero attached hydrogens (tertiary/aromatic N) is 3. The molecule has 2 aromatic rings. The highest BCUT2D eigenvalue weighted by molar-refractivity contribution is 9.10. The van der Waals surface area contributed by atoms with E-state index in [1.807, 2.05) is 18.7 Å². The van der Waals surface area contributed by atoms with Crippen molar-refractivity contribution in [2.24, 2.45) is 0 Å². The minimum Gasteiger partial charge on any atom is -0.444 e. The summed E-state index contributed by atoms with van der Waals surface area (Å²) in [6.07, 6.45) is 0.941. The Balaban J connectivity index is 1.62. The highest BCUT2D eigenvalue weighted by atomic mass is 79.9. The molecule has 0 saturated carbocycles. The second-order valence-electron chi connectivity index (χ2n) is 5.83. The quantitative estimate of drug-likeness (QED) is 0.817. The summed E-state index contributed by atoms with van der Waals surface area (Å²) < 4.78 is 11.2. The molecule has 0 N–H and O–H groups in total. The molecule has 1 amide bonds. The first-order valence-electron chi connectivity index (χ1n) is 7.73. The van der Waals surface area contributed by atoms with E-state index >= 15 is 0 Å². The van der Waals surface area contributed by atoms with Gasteiger partial charge in [0.25, 0.3) is 5.91 Å². The Labute approximate surface area is 143 Å². The van der Waals surface area contributed by atoms with Crippen LogP contribution in [0.5, 0.6) is 0 Å². The number of amides is 1. The predicted octanol–water partition coefficient (Wildman–Crippen LogP) is 3.00. The zero-order chi connectivity index (χ0) is 16.4. The number of hydrogen-bond acceptors (Lipinski definition) is 5. The number of halogens is 1. The first-order chi connectivity index (χ1) is 11.0. The summed E-state index contributed by atoms with van der Waals surface area (Å²) in [7, 11) is 0. The Kier molecular flexibility index (Phi) is 4.87. The van der Waals surface area contributed by atoms with Crippen molar-refractivity contribution in [3.8, 4) is 0 Å². The van der Waals surface area contributed by atoms with Gasteiger partial charge in [0.05, 0.1) is 5.69 Å². The largest absolute Gasteiger partial charge is 0.444 e. The first kappa shape index (κ1) is 16.3. The van der Waals surface area contributed by atoms with Crippen LogP contribution in [0, 0.1) is 13.8 Å². The molecule has 23 heavy (non-hydrogen) atoms. The molecule has 1 aliphatic rings. The molecule has 2 aromatic heterocycles. The number of rotatable bonds is 3. The second kappa shape index (κ2) is 6.88. The molecule has 0 bridgehead atoms. The van der Waals surface area contributed by atoms with Gasteiger partial charge in [-0.1, -0.05) is 5.16 Å². The van der Waals surface area contributed by atoms with Gasteiger partial charge >= 0.3 is 0 Å². The summed E-state index contributed by atoms with van der Waals surface area (Å²) >= 11 is 3.24. The molecule has 0 spiro atoms. The van der Waals surface area contributed by atoms with Crippen molar-refractivity contribution in [2.45, 2.75) is 26.8 Å². The maximum Gasteiger partial charge on any atom is 0.289 e. The summed E-state index contributed by atoms with van der Waals surface area (Å²) in [6.45, 7) is 7.95. The molecule has 1 saturated heterocycles. The predicted molar refractivity (Wildman–Crippen MR) is 88.2 cm³/mol. The molecule has 7 heteroatoms. The van der Waals surface area contributed by atoms with Gasteiger partial charge in [0.1, 0.15) is 5.76 Å². The molecule has 1 fully saturated rings. The summed E-state index contributed by atoms with van der Waals surface area (Å²) in [5.41, 5.74) is 2.10. The van der Waals surface area contributed by atoms with E-state index in [9.17, 15) is 4.79 Å². The van der Waals surface area contributed by atoms with Crippen LogP contribution in [-0.2, 0) is 6.54 Å². The zero-order valence-electron chi connectivity index (χ0n) is 13.3. The van der Waals surface area contributed by atoms with Crippen LogP contribution in [0.1, 0.15) is 34.0 Å². The fourth-order valence-electron chi connectivity index (χ4n) is 2.87. The van der Waals surface area contributed by atoms with E-state index in [0.717, 1.165) is 49.6 Å². The topological polar surface area (TPSA) is 62.7 Å². The summed E-state index contributed by atoms with van der Waals surface area (Å²) in [6, 6.07) is 3.45. The van der Waals surface area contributed by atoms with Crippen molar-refractivity contribution in [1.82, 2.24) is 15.0 Å². The third-order valence-corrected chi connectivity index (χ3v) is 4.65. The van der Waals surface area contributed by atoms with Crippen LogP contribution in [0.15, 0.2) is 25.7 Å². The van der Waals surface area contributed by atoms with Crippen molar-refractivity contribution in [1.29, 1.82) is 0 Å². The van der Waals surface area contributed by atoms with Crippen LogP contribution in [-0.4, -0.2) is 47.0 Å². The van der Waals surface area contributed by atoms with E-state index in [-0.39, 0.29) is 5.91 Å². The number of aromatic nitrogens is 1. The standard InChI is InChI=1S/C16H20BrN3O3/c1-11-13(12(2)23-18-11)10-19-6-3-7-20(9-8-19)16(21)14-4-5-15(17)22-14/h4-5H,3,6-10H2,1-2H3. The Morgan fingerprint density at radius 1 is 1.26 bits per heavy atom. The molecule has 0 unspecified atom stereocenters. The van der Waals surface area contributed by atoms with Gasteiger partial charge in [-0.25, -0.2) is 0 Å². The molecule has 0 aromatic carbocycles. The average Bonchev–Trinajstić information content (AvgIpc) is 3.00. The fourth-order valence-corrected chi connectivity index (χ4v) is 3.17. The van der Waals surface area contributed by atoms with E-state index in [4.69, 9.17) is 8.94 Å². The van der Waals surface area contributed by atoms with Gasteiger partial charge < -0.3 is 13.8 Å². The smallest absolute Gasteiger partial charge is 0.289 e. The average molecular weight is 382 g/mol. The lowest BCUT2D eigenvalue weighted by atomic mass is 10.2. The van der Waals surface area contributed by atoms with Crippen molar-refractivity contribution in [2.75, 3.05) is 26.2 Å². The van der Waals surface area contributed by atoms with Crippen molar-refractivity contribution in [3.63, 3.8) is 0 Å². The van der Waals surface area contributed by atoms with Crippen LogP contribution in [0.3, 0.4) is 0 Å². The molecular weight excluding hydrogens is 362 g/mol. The minimum atomic E-state index is -0.0464. The van der Waals surface area contributed by atoms with Crippen LogP contribution >= 0.6 is 15.9 Å². The molecule has 1 aliphatic heterocycles. The van der Waals surface area contributed by atoms with Crippen LogP contribution in [0.2, 0.25) is 0 Å². The molecule has 124 valence electrons. The van der Waals surface area contributed by atoms with E-state index in [1.165, 1.54) is 0 Å². The van der Waals surface area contributed by atoms with Gasteiger partial charge in [-0.3, -0.25) is 9.69 Å². The third-order valence-electron chi connectivity index (χ3n) is 4.22. The Morgan fingerprint density at radius 3 is 2.74 bits per heavy atom. The van der Waals surface area contributed by atoms with Crippen molar-refractivity contribution in [3.05, 3.63) is 39.6 Å². The van der Waals surface area contributed by atoms with E-state index in [1.54, 1.807) is 12.1 Å². The molecule has 0 atom stereocenters. The maximum atomic E-state index is 12.5. The lowest BCUT2D eigenvalue weighted by Crippen LogP contribution is -2.35. The Bertz CT molecular complexity index is 675. The number of furan rings is 1. The van der Waals surface area contributed by atoms with Gasteiger partial charge in [0.2, 0.25) is 0 Å². The van der Waals surface area contributed by atoms with E-state index < -0.39 is 0 Å². The van der Waals surface area contributed by atoms with E-state index in [2.05, 4.69) is 26.0 Å². The SMILES string of the molecule is Cc1noc(C)c1CN1CCCN(C(=O)c2ccc(Br)o2)CC1. The number of hydrogen-bond donors (Lipinski definition) is 0. The minimum absolute atomic E-state index is 0.0464. The summed E-state index contributed by atoms with van der Waals surface area (Å²) in [5, 5.41) is 4.01. The molecule has 0 radical (unpaired) electrons. The molecule has 0 aliphatic carbocycles. The van der Waals surface area contributed by atoms with E-state index in [0.29, 0.717) is 17.0 Å². The lowest BCUT2D eigenvalue weighted by Gasteiger charge is -2.21. The highest BCUT2D eigenvalue weighted by Crippen LogP contribution is 2.19. The molecule has 6 nitrogen and oxygen atoms in total. The van der Waals surface area contributed by atoms with Gasteiger partial charge in [-0.15, -0.1) is 0 Å². The number of carbonyl (C=O) groups excluding carboxylic acids is 1. The van der Waals surface area contributed by atoms with Gasteiger partial charge in [0, 0.05) is 38.3 Å². The van der Waals surface area contributed by atoms with Gasteiger partial charge in [0.15, 0.2) is 10.4 Å². The normalized spacial score (nSPS) is 16.6. The zero-order valence-corrected chi connectivity index (χ0v) is 14.9. The Hall–Kier alpha value is -1.60. The highest BCUT2D eigenvalue weighted by Gasteiger charge is 2.23. The molecule has 3 heterocycles.